The zero-order valence-corrected chi connectivity index (χ0v) is 14.4. The first-order valence-electron chi connectivity index (χ1n) is 8.32. The summed E-state index contributed by atoms with van der Waals surface area (Å²) in [6.07, 6.45) is 4.77. The molecule has 1 atom stereocenters. The van der Waals surface area contributed by atoms with Gasteiger partial charge in [0.25, 0.3) is 11.4 Å². The second-order valence-corrected chi connectivity index (χ2v) is 6.90. The number of primary amides is 1. The van der Waals surface area contributed by atoms with Gasteiger partial charge in [0.2, 0.25) is 0 Å². The van der Waals surface area contributed by atoms with Crippen LogP contribution in [0.5, 0.6) is 0 Å². The number of amides is 2. The third kappa shape index (κ3) is 2.59. The number of nitrogens with one attached hydrogen (secondary N) is 1. The molecule has 2 heterocycles. The molecule has 25 heavy (non-hydrogen) atoms. The molecule has 9 nitrogen and oxygen atoms in total. The van der Waals surface area contributed by atoms with Crippen LogP contribution in [0.15, 0.2) is 27.9 Å². The fraction of sp³-hybridized carbons (Fsp3) is 0.562. The quantitative estimate of drug-likeness (QED) is 0.425. The second-order valence-electron chi connectivity index (χ2n) is 6.90. The zero-order valence-electron chi connectivity index (χ0n) is 14.4. The molecule has 2 aliphatic rings. The molecule has 2 amide bonds. The van der Waals surface area contributed by atoms with Gasteiger partial charge in [-0.15, -0.1) is 5.06 Å². The van der Waals surface area contributed by atoms with Crippen molar-refractivity contribution in [3.8, 4) is 0 Å². The third-order valence-corrected chi connectivity index (χ3v) is 4.96. The molecule has 136 valence electrons. The fourth-order valence-corrected chi connectivity index (χ4v) is 3.80. The third-order valence-electron chi connectivity index (χ3n) is 4.96. The van der Waals surface area contributed by atoms with Gasteiger partial charge in [-0.05, 0) is 45.2 Å². The van der Waals surface area contributed by atoms with Gasteiger partial charge in [0, 0.05) is 6.42 Å². The summed E-state index contributed by atoms with van der Waals surface area (Å²) in [6, 6.07) is 2.56. The van der Waals surface area contributed by atoms with E-state index in [0.717, 1.165) is 29.1 Å². The molecule has 0 bridgehead atoms. The fourth-order valence-electron chi connectivity index (χ4n) is 3.80. The predicted molar refractivity (Wildman–Crippen MR) is 90.1 cm³/mol. The van der Waals surface area contributed by atoms with Crippen LogP contribution in [0.2, 0.25) is 0 Å². The molecule has 1 aromatic rings. The number of carbonyl (C=O) groups is 1. The number of hydrazone groups is 1. The Bertz CT molecular complexity index is 725. The molecule has 1 aromatic heterocycles. The first-order chi connectivity index (χ1) is 11.8. The first-order valence-corrected chi connectivity index (χ1v) is 8.32. The molecular weight excluding hydrogens is 326 g/mol. The van der Waals surface area contributed by atoms with Crippen molar-refractivity contribution >= 4 is 17.5 Å². The lowest BCUT2D eigenvalue weighted by molar-refractivity contribution is -0.567. The van der Waals surface area contributed by atoms with Crippen LogP contribution < -0.4 is 11.2 Å². The molecule has 4 N–H and O–H groups in total. The van der Waals surface area contributed by atoms with Gasteiger partial charge < -0.3 is 20.6 Å². The minimum absolute atomic E-state index is 0.314. The summed E-state index contributed by atoms with van der Waals surface area (Å²) in [7, 11) is 0. The summed E-state index contributed by atoms with van der Waals surface area (Å²) in [4.78, 5) is 11.1. The van der Waals surface area contributed by atoms with Crippen LogP contribution in [0, 0.1) is 5.21 Å². The Morgan fingerprint density at radius 3 is 2.88 bits per heavy atom. The number of rotatable bonds is 2. The van der Waals surface area contributed by atoms with E-state index < -0.39 is 17.2 Å². The molecule has 0 radical (unpaired) electrons. The maximum absolute atomic E-state index is 13.4. The van der Waals surface area contributed by atoms with Crippen LogP contribution in [0.3, 0.4) is 0 Å². The molecule has 0 aromatic carbocycles. The number of furan rings is 1. The van der Waals surface area contributed by atoms with Crippen LogP contribution in [0.1, 0.15) is 51.7 Å². The largest absolute Gasteiger partial charge is 0.622 e. The van der Waals surface area contributed by atoms with E-state index in [2.05, 4.69) is 10.5 Å². The number of nitrogens with zero attached hydrogens (tertiary/aromatic N) is 3. The number of nitrogens with two attached hydrogens (primary N) is 1. The van der Waals surface area contributed by atoms with Crippen molar-refractivity contribution in [2.75, 3.05) is 0 Å². The number of hydroxylamine groups is 3. The van der Waals surface area contributed by atoms with Crippen LogP contribution in [-0.2, 0) is 0 Å². The summed E-state index contributed by atoms with van der Waals surface area (Å²) in [5, 5.41) is 29.5. The Hall–Kier alpha value is -2.39. The number of urea groups is 1. The highest BCUT2D eigenvalue weighted by atomic mass is 16.6. The first kappa shape index (κ1) is 17.4. The van der Waals surface area contributed by atoms with Crippen molar-refractivity contribution in [3.63, 3.8) is 0 Å². The molecule has 3 rings (SSSR count). The SMILES string of the molecule is CC1(C)C(c2ccco2)=[N+]([O-])C2(CCCCC/C2=N\NC(N)=O)N1O. The summed E-state index contributed by atoms with van der Waals surface area (Å²) in [6.45, 7) is 3.49. The van der Waals surface area contributed by atoms with Gasteiger partial charge in [0.15, 0.2) is 5.76 Å². The van der Waals surface area contributed by atoms with Crippen LogP contribution >= 0.6 is 0 Å². The van der Waals surface area contributed by atoms with Crippen molar-refractivity contribution in [1.82, 2.24) is 10.5 Å². The summed E-state index contributed by atoms with van der Waals surface area (Å²) >= 11 is 0. The molecule has 1 saturated carbocycles. The average Bonchev–Trinajstić information content (AvgIpc) is 3.02. The normalized spacial score (nSPS) is 28.5. The summed E-state index contributed by atoms with van der Waals surface area (Å²) in [5.74, 6) is 0.391. The molecule has 1 spiro atoms. The monoisotopic (exact) mass is 349 g/mol. The van der Waals surface area contributed by atoms with Crippen molar-refractivity contribution < 1.29 is 19.2 Å². The molecule has 0 saturated heterocycles. The molecule has 1 aliphatic heterocycles. The van der Waals surface area contributed by atoms with E-state index >= 15 is 0 Å². The van der Waals surface area contributed by atoms with E-state index in [0.29, 0.717) is 30.0 Å². The highest BCUT2D eigenvalue weighted by molar-refractivity contribution is 6.05. The van der Waals surface area contributed by atoms with Gasteiger partial charge in [-0.25, -0.2) is 10.2 Å². The predicted octanol–water partition coefficient (Wildman–Crippen LogP) is 1.75. The van der Waals surface area contributed by atoms with Crippen molar-refractivity contribution in [1.29, 1.82) is 0 Å². The van der Waals surface area contributed by atoms with Gasteiger partial charge in [0.05, 0.1) is 6.26 Å². The topological polar surface area (TPSA) is 130 Å². The summed E-state index contributed by atoms with van der Waals surface area (Å²) in [5.41, 5.74) is 5.62. The molecular formula is C16H23N5O4. The van der Waals surface area contributed by atoms with Gasteiger partial charge >= 0.3 is 6.03 Å². The van der Waals surface area contributed by atoms with Crippen LogP contribution in [-0.4, -0.2) is 43.7 Å². The lowest BCUT2D eigenvalue weighted by Crippen LogP contribution is -2.59. The summed E-state index contributed by atoms with van der Waals surface area (Å²) < 4.78 is 6.20. The smallest absolute Gasteiger partial charge is 0.332 e. The van der Waals surface area contributed by atoms with Gasteiger partial charge in [-0.3, -0.25) is 0 Å². The minimum Gasteiger partial charge on any atom is -0.622 e. The van der Waals surface area contributed by atoms with E-state index in [1.165, 1.54) is 6.26 Å². The number of carbonyl (C=O) groups excluding carboxylic acids is 1. The standard InChI is InChI=1S/C16H23N5O4/c1-15(2)13(11-7-6-10-25-11)20(23)16(21(15)24)9-5-3-4-8-12(16)18-19-14(17)22/h6-7,10,24H,3-5,8-9H2,1-2H3,(H3,17,19,22)/b18-12+. The van der Waals surface area contributed by atoms with E-state index in [4.69, 9.17) is 10.2 Å². The van der Waals surface area contributed by atoms with E-state index in [1.807, 2.05) is 0 Å². The highest BCUT2D eigenvalue weighted by Gasteiger charge is 2.65. The second kappa shape index (κ2) is 6.16. The Morgan fingerprint density at radius 2 is 2.24 bits per heavy atom. The molecule has 1 unspecified atom stereocenters. The van der Waals surface area contributed by atoms with Gasteiger partial charge in [-0.2, -0.15) is 9.84 Å². The number of hydrogen-bond acceptors (Lipinski definition) is 6. The van der Waals surface area contributed by atoms with Crippen LogP contribution in [0.25, 0.3) is 0 Å². The van der Waals surface area contributed by atoms with Gasteiger partial charge in [-0.1, -0.05) is 6.42 Å². The van der Waals surface area contributed by atoms with Crippen LogP contribution in [0.4, 0.5) is 4.79 Å². The Kier molecular flexibility index (Phi) is 4.29. The Morgan fingerprint density at radius 1 is 1.48 bits per heavy atom. The van der Waals surface area contributed by atoms with Crippen molar-refractivity contribution in [2.24, 2.45) is 10.8 Å². The Labute approximate surface area is 145 Å². The minimum atomic E-state index is -1.40. The average molecular weight is 349 g/mol. The van der Waals surface area contributed by atoms with Gasteiger partial charge in [0.1, 0.15) is 11.3 Å². The highest BCUT2D eigenvalue weighted by Crippen LogP contribution is 2.41. The maximum Gasteiger partial charge on any atom is 0.332 e. The maximum atomic E-state index is 13.4. The lowest BCUT2D eigenvalue weighted by atomic mass is 9.94. The molecule has 1 fully saturated rings. The molecule has 1 aliphatic carbocycles. The van der Waals surface area contributed by atoms with E-state index in [-0.39, 0.29) is 0 Å². The van der Waals surface area contributed by atoms with E-state index in [1.54, 1.807) is 26.0 Å². The zero-order chi connectivity index (χ0) is 18.2. The van der Waals surface area contributed by atoms with E-state index in [9.17, 15) is 15.2 Å². The molecule has 9 heteroatoms. The van der Waals surface area contributed by atoms with Crippen molar-refractivity contribution in [2.45, 2.75) is 57.2 Å². The lowest BCUT2D eigenvalue weighted by Gasteiger charge is -2.35. The van der Waals surface area contributed by atoms with Crippen molar-refractivity contribution in [3.05, 3.63) is 29.4 Å². The number of hydrogen-bond donors (Lipinski definition) is 3. The Balaban J connectivity index is 2.19.